The Balaban J connectivity index is 2.93. The second-order valence-electron chi connectivity index (χ2n) is 4.44. The molecule has 0 aliphatic rings. The van der Waals surface area contributed by atoms with Crippen LogP contribution in [0.3, 0.4) is 0 Å². The Morgan fingerprint density at radius 1 is 1.47 bits per heavy atom. The Morgan fingerprint density at radius 3 is 2.47 bits per heavy atom. The van der Waals surface area contributed by atoms with E-state index in [0.717, 1.165) is 0 Å². The van der Waals surface area contributed by atoms with Crippen LogP contribution in [0.15, 0.2) is 24.3 Å². The van der Waals surface area contributed by atoms with Gasteiger partial charge in [0, 0.05) is 18.6 Å². The van der Waals surface area contributed by atoms with Gasteiger partial charge in [0.05, 0.1) is 10.3 Å². The fourth-order valence-electron chi connectivity index (χ4n) is 1.74. The lowest BCUT2D eigenvalue weighted by Gasteiger charge is -2.23. The molecule has 7 heteroatoms. The molecule has 0 saturated carbocycles. The predicted octanol–water partition coefficient (Wildman–Crippen LogP) is 1.15. The van der Waals surface area contributed by atoms with Crippen LogP contribution in [0.1, 0.15) is 18.9 Å². The van der Waals surface area contributed by atoms with E-state index in [4.69, 9.17) is 5.90 Å². The normalized spacial score (nSPS) is 13.4. The van der Waals surface area contributed by atoms with Crippen molar-refractivity contribution >= 4 is 17.9 Å². The lowest BCUT2D eigenvalue weighted by molar-refractivity contribution is -0.384. The Bertz CT molecular complexity index is 485. The first-order valence-corrected chi connectivity index (χ1v) is 5.51. The molecule has 1 aromatic rings. The maximum atomic E-state index is 11.6. The molecule has 1 rings (SSSR count). The summed E-state index contributed by atoms with van der Waals surface area (Å²) >= 11 is 0. The van der Waals surface area contributed by atoms with Gasteiger partial charge in [-0.2, -0.15) is 5.90 Å². The van der Waals surface area contributed by atoms with Crippen LogP contribution >= 0.6 is 0 Å². The van der Waals surface area contributed by atoms with Crippen molar-refractivity contribution in [3.63, 3.8) is 0 Å². The van der Waals surface area contributed by atoms with Gasteiger partial charge in [-0.3, -0.25) is 10.1 Å². The van der Waals surface area contributed by atoms with Crippen LogP contribution in [0, 0.1) is 15.5 Å². The SMILES string of the molecule is CC(CC=O)(Cc1ccc([N+](=O)[O-])cc1)C(=O)ON. The number of hydrogen-bond donors (Lipinski definition) is 1. The molecule has 0 fully saturated rings. The largest absolute Gasteiger partial charge is 0.373 e. The third kappa shape index (κ3) is 3.59. The number of nitro benzene ring substituents is 1. The van der Waals surface area contributed by atoms with Crippen molar-refractivity contribution in [2.45, 2.75) is 19.8 Å². The van der Waals surface area contributed by atoms with Crippen molar-refractivity contribution in [1.29, 1.82) is 0 Å². The van der Waals surface area contributed by atoms with E-state index in [0.29, 0.717) is 11.8 Å². The number of carbonyl (C=O) groups is 2. The van der Waals surface area contributed by atoms with E-state index < -0.39 is 16.3 Å². The third-order valence-corrected chi connectivity index (χ3v) is 2.88. The van der Waals surface area contributed by atoms with E-state index in [2.05, 4.69) is 4.84 Å². The lowest BCUT2D eigenvalue weighted by Crippen LogP contribution is -2.34. The number of nitrogens with zero attached hydrogens (tertiary/aromatic N) is 1. The number of nitrogens with two attached hydrogens (primary N) is 1. The molecule has 19 heavy (non-hydrogen) atoms. The topological polar surface area (TPSA) is 113 Å². The summed E-state index contributed by atoms with van der Waals surface area (Å²) in [7, 11) is 0. The maximum Gasteiger partial charge on any atom is 0.331 e. The van der Waals surface area contributed by atoms with Gasteiger partial charge >= 0.3 is 5.97 Å². The van der Waals surface area contributed by atoms with E-state index >= 15 is 0 Å². The number of non-ortho nitro benzene ring substituents is 1. The van der Waals surface area contributed by atoms with Gasteiger partial charge in [-0.25, -0.2) is 4.79 Å². The number of carbonyl (C=O) groups excluding carboxylic acids is 2. The quantitative estimate of drug-likeness (QED) is 0.469. The Hall–Kier alpha value is -2.28. The summed E-state index contributed by atoms with van der Waals surface area (Å²) in [5.74, 6) is 4.15. The summed E-state index contributed by atoms with van der Waals surface area (Å²) in [6.07, 6.45) is 0.780. The molecule has 0 aliphatic heterocycles. The first kappa shape index (κ1) is 14.8. The van der Waals surface area contributed by atoms with E-state index in [1.165, 1.54) is 24.3 Å². The monoisotopic (exact) mass is 266 g/mol. The highest BCUT2D eigenvalue weighted by Gasteiger charge is 2.34. The number of hydrogen-bond acceptors (Lipinski definition) is 6. The fourth-order valence-corrected chi connectivity index (χ4v) is 1.74. The van der Waals surface area contributed by atoms with Crippen LogP contribution in [-0.2, 0) is 20.8 Å². The molecule has 1 aromatic carbocycles. The summed E-state index contributed by atoms with van der Waals surface area (Å²) in [6.45, 7) is 1.55. The van der Waals surface area contributed by atoms with Gasteiger partial charge in [-0.1, -0.05) is 12.1 Å². The molecule has 2 N–H and O–H groups in total. The lowest BCUT2D eigenvalue weighted by atomic mass is 9.81. The molecule has 0 amide bonds. The smallest absolute Gasteiger partial charge is 0.331 e. The van der Waals surface area contributed by atoms with E-state index in [-0.39, 0.29) is 18.5 Å². The zero-order valence-electron chi connectivity index (χ0n) is 10.4. The van der Waals surface area contributed by atoms with Crippen molar-refractivity contribution in [1.82, 2.24) is 0 Å². The van der Waals surface area contributed by atoms with Gasteiger partial charge in [-0.05, 0) is 18.9 Å². The zero-order chi connectivity index (χ0) is 14.5. The minimum absolute atomic E-state index is 0.0396. The van der Waals surface area contributed by atoms with Gasteiger partial charge in [0.25, 0.3) is 5.69 Å². The maximum absolute atomic E-state index is 11.6. The molecule has 0 saturated heterocycles. The molecule has 0 aliphatic carbocycles. The average molecular weight is 266 g/mol. The molecule has 0 aromatic heterocycles. The average Bonchev–Trinajstić information content (AvgIpc) is 2.38. The molecule has 1 atom stereocenters. The molecule has 1 unspecified atom stereocenters. The van der Waals surface area contributed by atoms with Crippen molar-refractivity contribution in [2.24, 2.45) is 11.3 Å². The molecule has 0 heterocycles. The Kier molecular flexibility index (Phi) is 4.71. The number of nitro groups is 1. The van der Waals surface area contributed by atoms with Gasteiger partial charge in [0.15, 0.2) is 0 Å². The summed E-state index contributed by atoms with van der Waals surface area (Å²) in [5.41, 5.74) is -0.435. The van der Waals surface area contributed by atoms with Crippen LogP contribution in [-0.4, -0.2) is 17.2 Å². The molecule has 7 nitrogen and oxygen atoms in total. The highest BCUT2D eigenvalue weighted by atomic mass is 16.7. The summed E-state index contributed by atoms with van der Waals surface area (Å²) in [6, 6.07) is 5.74. The molecular weight excluding hydrogens is 252 g/mol. The summed E-state index contributed by atoms with van der Waals surface area (Å²) < 4.78 is 0. The molecule has 0 radical (unpaired) electrons. The molecule has 0 spiro atoms. The van der Waals surface area contributed by atoms with Crippen molar-refractivity contribution in [3.05, 3.63) is 39.9 Å². The van der Waals surface area contributed by atoms with Crippen LogP contribution in [0.2, 0.25) is 0 Å². The molecular formula is C12H14N2O5. The van der Waals surface area contributed by atoms with Crippen LogP contribution in [0.4, 0.5) is 5.69 Å². The first-order valence-electron chi connectivity index (χ1n) is 5.51. The molecule has 102 valence electrons. The molecule has 0 bridgehead atoms. The third-order valence-electron chi connectivity index (χ3n) is 2.88. The van der Waals surface area contributed by atoms with Gasteiger partial charge in [0.1, 0.15) is 6.29 Å². The van der Waals surface area contributed by atoms with Crippen LogP contribution in [0.25, 0.3) is 0 Å². The van der Waals surface area contributed by atoms with Crippen molar-refractivity contribution < 1.29 is 19.3 Å². The predicted molar refractivity (Wildman–Crippen MR) is 65.9 cm³/mol. The zero-order valence-corrected chi connectivity index (χ0v) is 10.4. The minimum Gasteiger partial charge on any atom is -0.373 e. The minimum atomic E-state index is -1.08. The van der Waals surface area contributed by atoms with Gasteiger partial charge in [-0.15, -0.1) is 0 Å². The van der Waals surface area contributed by atoms with Crippen LogP contribution in [0.5, 0.6) is 0 Å². The fraction of sp³-hybridized carbons (Fsp3) is 0.333. The first-order chi connectivity index (χ1) is 8.92. The van der Waals surface area contributed by atoms with Crippen molar-refractivity contribution in [3.8, 4) is 0 Å². The highest BCUT2D eigenvalue weighted by Crippen LogP contribution is 2.28. The standard InChI is InChI=1S/C12H14N2O5/c1-12(6-7-15,11(16)19-13)8-9-2-4-10(5-3-9)14(17)18/h2-5,7H,6,8,13H2,1H3. The second-order valence-corrected chi connectivity index (χ2v) is 4.44. The van der Waals surface area contributed by atoms with Crippen LogP contribution < -0.4 is 5.90 Å². The Labute approximate surface area is 109 Å². The second kappa shape index (κ2) is 6.05. The number of benzene rings is 1. The van der Waals surface area contributed by atoms with E-state index in [1.807, 2.05) is 0 Å². The van der Waals surface area contributed by atoms with Gasteiger partial charge < -0.3 is 9.63 Å². The summed E-state index contributed by atoms with van der Waals surface area (Å²) in [5, 5.41) is 10.5. The van der Waals surface area contributed by atoms with E-state index in [1.54, 1.807) is 6.92 Å². The van der Waals surface area contributed by atoms with Crippen molar-refractivity contribution in [2.75, 3.05) is 0 Å². The number of aldehydes is 1. The number of rotatable bonds is 6. The van der Waals surface area contributed by atoms with E-state index in [9.17, 15) is 19.7 Å². The highest BCUT2D eigenvalue weighted by molar-refractivity contribution is 5.79. The Morgan fingerprint density at radius 2 is 2.05 bits per heavy atom. The van der Waals surface area contributed by atoms with Gasteiger partial charge in [0.2, 0.25) is 0 Å². The summed E-state index contributed by atoms with van der Waals surface area (Å²) in [4.78, 5) is 36.4.